The normalized spacial score (nSPS) is 18.6. The molecule has 1 atom stereocenters. The molecule has 2 heterocycles. The molecule has 0 unspecified atom stereocenters. The summed E-state index contributed by atoms with van der Waals surface area (Å²) in [5.41, 5.74) is 3.47. The molecule has 5 nitrogen and oxygen atoms in total. The first-order valence-corrected chi connectivity index (χ1v) is 9.89. The van der Waals surface area contributed by atoms with Crippen molar-refractivity contribution in [2.24, 2.45) is 0 Å². The van der Waals surface area contributed by atoms with Crippen molar-refractivity contribution in [1.82, 2.24) is 14.8 Å². The average Bonchev–Trinajstić information content (AvgIpc) is 2.66. The van der Waals surface area contributed by atoms with E-state index in [1.54, 1.807) is 0 Å². The smallest absolute Gasteiger partial charge is 0.119 e. The number of aromatic nitrogens is 1. The van der Waals surface area contributed by atoms with Gasteiger partial charge in [0.15, 0.2) is 0 Å². The quantitative estimate of drug-likeness (QED) is 0.775. The van der Waals surface area contributed by atoms with Crippen LogP contribution in [0.5, 0.6) is 5.75 Å². The highest BCUT2D eigenvalue weighted by Gasteiger charge is 2.26. The maximum Gasteiger partial charge on any atom is 0.119 e. The van der Waals surface area contributed by atoms with Gasteiger partial charge in [-0.2, -0.15) is 0 Å². The number of nitrogens with zero attached hydrogens (tertiary/aromatic N) is 3. The van der Waals surface area contributed by atoms with Crippen LogP contribution in [0.15, 0.2) is 42.5 Å². The summed E-state index contributed by atoms with van der Waals surface area (Å²) in [5, 5.41) is 9.54. The van der Waals surface area contributed by atoms with E-state index in [9.17, 15) is 5.11 Å². The summed E-state index contributed by atoms with van der Waals surface area (Å²) in [6, 6.07) is 14.9. The van der Waals surface area contributed by atoms with Crippen molar-refractivity contribution < 1.29 is 9.84 Å². The van der Waals surface area contributed by atoms with Gasteiger partial charge in [0.05, 0.1) is 12.3 Å². The van der Waals surface area contributed by atoms with Crippen LogP contribution in [-0.2, 0) is 13.1 Å². The summed E-state index contributed by atoms with van der Waals surface area (Å²) in [6.45, 7) is 9.72. The first-order chi connectivity index (χ1) is 13.2. The number of ether oxygens (including phenoxy) is 1. The van der Waals surface area contributed by atoms with Gasteiger partial charge < -0.3 is 9.84 Å². The van der Waals surface area contributed by atoms with E-state index in [2.05, 4.69) is 39.0 Å². The van der Waals surface area contributed by atoms with E-state index in [1.165, 1.54) is 5.56 Å². The SMILES string of the molecule is CCOc1ccc(CN2CCN(Cc3cccc(C)n3)C[C@@H]2CCO)cc1. The predicted molar refractivity (Wildman–Crippen MR) is 108 cm³/mol. The van der Waals surface area contributed by atoms with Crippen LogP contribution in [0.2, 0.25) is 0 Å². The van der Waals surface area contributed by atoms with Gasteiger partial charge in [0.25, 0.3) is 0 Å². The molecule has 5 heteroatoms. The van der Waals surface area contributed by atoms with Gasteiger partial charge in [-0.1, -0.05) is 18.2 Å². The van der Waals surface area contributed by atoms with Gasteiger partial charge in [-0.3, -0.25) is 14.8 Å². The Hall–Kier alpha value is -1.95. The molecule has 0 aliphatic carbocycles. The zero-order valence-electron chi connectivity index (χ0n) is 16.5. The molecule has 3 rings (SSSR count). The highest BCUT2D eigenvalue weighted by molar-refractivity contribution is 5.27. The van der Waals surface area contributed by atoms with E-state index < -0.39 is 0 Å². The Morgan fingerprint density at radius 2 is 1.93 bits per heavy atom. The highest BCUT2D eigenvalue weighted by atomic mass is 16.5. The zero-order valence-corrected chi connectivity index (χ0v) is 16.5. The minimum atomic E-state index is 0.223. The molecule has 1 aromatic heterocycles. The minimum Gasteiger partial charge on any atom is -0.494 e. The molecule has 0 saturated carbocycles. The molecule has 0 bridgehead atoms. The molecular weight excluding hydrogens is 338 g/mol. The Balaban J connectivity index is 1.60. The van der Waals surface area contributed by atoms with Gasteiger partial charge in [0.2, 0.25) is 0 Å². The van der Waals surface area contributed by atoms with E-state index >= 15 is 0 Å². The fourth-order valence-electron chi connectivity index (χ4n) is 3.74. The minimum absolute atomic E-state index is 0.223. The van der Waals surface area contributed by atoms with Crippen LogP contribution in [0.4, 0.5) is 0 Å². The molecule has 2 aromatic rings. The van der Waals surface area contributed by atoms with Crippen LogP contribution in [0, 0.1) is 6.92 Å². The number of aryl methyl sites for hydroxylation is 1. The lowest BCUT2D eigenvalue weighted by atomic mass is 10.1. The van der Waals surface area contributed by atoms with E-state index in [4.69, 9.17) is 4.74 Å². The second kappa shape index (κ2) is 9.83. The number of aliphatic hydroxyl groups is 1. The van der Waals surface area contributed by atoms with Gasteiger partial charge in [-0.05, 0) is 50.1 Å². The van der Waals surface area contributed by atoms with Gasteiger partial charge in [0.1, 0.15) is 5.75 Å². The van der Waals surface area contributed by atoms with Gasteiger partial charge >= 0.3 is 0 Å². The van der Waals surface area contributed by atoms with Gasteiger partial charge in [-0.15, -0.1) is 0 Å². The Kier molecular flexibility index (Phi) is 7.21. The third-order valence-corrected chi connectivity index (χ3v) is 5.10. The van der Waals surface area contributed by atoms with Crippen molar-refractivity contribution in [2.75, 3.05) is 32.8 Å². The number of benzene rings is 1. The molecule has 1 aromatic carbocycles. The first-order valence-electron chi connectivity index (χ1n) is 9.89. The van der Waals surface area contributed by atoms with Crippen molar-refractivity contribution in [2.45, 2.75) is 39.4 Å². The summed E-state index contributed by atoms with van der Waals surface area (Å²) < 4.78 is 5.53. The van der Waals surface area contributed by atoms with Crippen molar-refractivity contribution in [1.29, 1.82) is 0 Å². The van der Waals surface area contributed by atoms with Crippen LogP contribution < -0.4 is 4.74 Å². The molecule has 0 radical (unpaired) electrons. The van der Waals surface area contributed by atoms with Crippen molar-refractivity contribution in [3.05, 3.63) is 59.4 Å². The summed E-state index contributed by atoms with van der Waals surface area (Å²) in [4.78, 5) is 9.58. The van der Waals surface area contributed by atoms with E-state index in [-0.39, 0.29) is 6.61 Å². The number of aliphatic hydroxyl groups excluding tert-OH is 1. The predicted octanol–water partition coefficient (Wildman–Crippen LogP) is 2.86. The Labute approximate surface area is 162 Å². The molecule has 0 amide bonds. The lowest BCUT2D eigenvalue weighted by molar-refractivity contribution is 0.0494. The topological polar surface area (TPSA) is 48.8 Å². The van der Waals surface area contributed by atoms with E-state index in [0.29, 0.717) is 12.6 Å². The molecule has 1 saturated heterocycles. The number of hydrogen-bond acceptors (Lipinski definition) is 5. The number of rotatable bonds is 8. The lowest BCUT2D eigenvalue weighted by Crippen LogP contribution is -2.52. The Morgan fingerprint density at radius 1 is 1.11 bits per heavy atom. The van der Waals surface area contributed by atoms with Gasteiger partial charge in [-0.25, -0.2) is 0 Å². The van der Waals surface area contributed by atoms with Crippen LogP contribution in [-0.4, -0.2) is 58.8 Å². The standard InChI is InChI=1S/C22H31N3O2/c1-3-27-22-9-7-19(8-10-22)15-25-13-12-24(17-21(25)11-14-26)16-20-6-4-5-18(2)23-20/h4-10,21,26H,3,11-17H2,1-2H3/t21-/m0/s1. The monoisotopic (exact) mass is 369 g/mol. The summed E-state index contributed by atoms with van der Waals surface area (Å²) in [5.74, 6) is 0.920. The average molecular weight is 370 g/mol. The summed E-state index contributed by atoms with van der Waals surface area (Å²) in [7, 11) is 0. The first kappa shape index (κ1) is 19.8. The maximum atomic E-state index is 9.54. The molecule has 27 heavy (non-hydrogen) atoms. The molecule has 1 fully saturated rings. The maximum absolute atomic E-state index is 9.54. The number of pyridine rings is 1. The molecule has 146 valence electrons. The van der Waals surface area contributed by atoms with Crippen molar-refractivity contribution >= 4 is 0 Å². The van der Waals surface area contributed by atoms with E-state index in [0.717, 1.165) is 56.3 Å². The highest BCUT2D eigenvalue weighted by Crippen LogP contribution is 2.20. The third-order valence-electron chi connectivity index (χ3n) is 5.10. The molecular formula is C22H31N3O2. The lowest BCUT2D eigenvalue weighted by Gasteiger charge is -2.41. The second-order valence-electron chi connectivity index (χ2n) is 7.22. The molecule has 1 aliphatic heterocycles. The molecule has 0 spiro atoms. The number of hydrogen-bond donors (Lipinski definition) is 1. The molecule has 1 aliphatic rings. The van der Waals surface area contributed by atoms with Crippen LogP contribution in [0.1, 0.15) is 30.3 Å². The largest absolute Gasteiger partial charge is 0.494 e. The van der Waals surface area contributed by atoms with Crippen LogP contribution in [0.3, 0.4) is 0 Å². The fraction of sp³-hybridized carbons (Fsp3) is 0.500. The third kappa shape index (κ3) is 5.76. The number of piperazine rings is 1. The van der Waals surface area contributed by atoms with Crippen LogP contribution >= 0.6 is 0 Å². The van der Waals surface area contributed by atoms with Crippen molar-refractivity contribution in [3.63, 3.8) is 0 Å². The summed E-state index contributed by atoms with van der Waals surface area (Å²) >= 11 is 0. The van der Waals surface area contributed by atoms with Gasteiger partial charge in [0, 0.05) is 51.1 Å². The van der Waals surface area contributed by atoms with E-state index in [1.807, 2.05) is 32.0 Å². The second-order valence-corrected chi connectivity index (χ2v) is 7.22. The Bertz CT molecular complexity index is 705. The van der Waals surface area contributed by atoms with Crippen molar-refractivity contribution in [3.8, 4) is 5.75 Å². The Morgan fingerprint density at radius 3 is 2.63 bits per heavy atom. The molecule has 1 N–H and O–H groups in total. The summed E-state index contributed by atoms with van der Waals surface area (Å²) in [6.07, 6.45) is 0.800. The zero-order chi connectivity index (χ0) is 19.1. The fourth-order valence-corrected chi connectivity index (χ4v) is 3.74. The van der Waals surface area contributed by atoms with Crippen LogP contribution in [0.25, 0.3) is 0 Å².